The van der Waals surface area contributed by atoms with Crippen LogP contribution in [-0.2, 0) is 0 Å². The van der Waals surface area contributed by atoms with E-state index in [4.69, 9.17) is 5.73 Å². The summed E-state index contributed by atoms with van der Waals surface area (Å²) in [5, 5.41) is 4.44. The second-order valence-corrected chi connectivity index (χ2v) is 3.82. The maximum Gasteiger partial charge on any atom is 0.182 e. The van der Waals surface area contributed by atoms with Gasteiger partial charge in [0.2, 0.25) is 0 Å². The number of aryl methyl sites for hydroxylation is 1. The van der Waals surface area contributed by atoms with Crippen molar-refractivity contribution in [1.29, 1.82) is 0 Å². The van der Waals surface area contributed by atoms with Crippen molar-refractivity contribution < 1.29 is 0 Å². The summed E-state index contributed by atoms with van der Waals surface area (Å²) in [5.41, 5.74) is 9.19. The lowest BCUT2D eigenvalue weighted by molar-refractivity contribution is 0.922. The SMILES string of the molecule is Cc1c(N)ccc2nc(-c3ccncc3)nn12. The standard InChI is InChI=1S/C12H11N5/c1-8-10(13)2-3-11-15-12(16-17(8)11)9-4-6-14-7-5-9/h2-7H,13H2,1H3. The fraction of sp³-hybridized carbons (Fsp3) is 0.0833. The molecule has 3 rings (SSSR count). The molecule has 0 atom stereocenters. The van der Waals surface area contributed by atoms with Crippen molar-refractivity contribution in [2.24, 2.45) is 0 Å². The molecule has 0 amide bonds. The van der Waals surface area contributed by atoms with Crippen molar-refractivity contribution in [2.75, 3.05) is 5.73 Å². The molecule has 0 bridgehead atoms. The van der Waals surface area contributed by atoms with Crippen LogP contribution >= 0.6 is 0 Å². The number of nitrogen functional groups attached to an aromatic ring is 1. The van der Waals surface area contributed by atoms with E-state index in [1.54, 1.807) is 16.9 Å². The Kier molecular flexibility index (Phi) is 2.04. The van der Waals surface area contributed by atoms with E-state index in [1.165, 1.54) is 0 Å². The van der Waals surface area contributed by atoms with Gasteiger partial charge in [0.15, 0.2) is 11.5 Å². The zero-order valence-corrected chi connectivity index (χ0v) is 9.33. The largest absolute Gasteiger partial charge is 0.397 e. The highest BCUT2D eigenvalue weighted by Gasteiger charge is 2.08. The lowest BCUT2D eigenvalue weighted by atomic mass is 10.3. The molecular formula is C12H11N5. The summed E-state index contributed by atoms with van der Waals surface area (Å²) in [6, 6.07) is 7.47. The van der Waals surface area contributed by atoms with E-state index in [-0.39, 0.29) is 0 Å². The van der Waals surface area contributed by atoms with Gasteiger partial charge >= 0.3 is 0 Å². The second kappa shape index (κ2) is 3.55. The van der Waals surface area contributed by atoms with Crippen LogP contribution in [0.2, 0.25) is 0 Å². The van der Waals surface area contributed by atoms with Gasteiger partial charge in [-0.05, 0) is 31.2 Å². The monoisotopic (exact) mass is 225 g/mol. The third kappa shape index (κ3) is 1.52. The van der Waals surface area contributed by atoms with Crippen molar-refractivity contribution >= 4 is 11.3 Å². The Morgan fingerprint density at radius 1 is 1.12 bits per heavy atom. The molecule has 3 aromatic heterocycles. The van der Waals surface area contributed by atoms with E-state index < -0.39 is 0 Å². The molecule has 0 saturated heterocycles. The summed E-state index contributed by atoms with van der Waals surface area (Å²) in [6.45, 7) is 1.92. The first-order valence-corrected chi connectivity index (χ1v) is 5.28. The molecule has 0 spiro atoms. The van der Waals surface area contributed by atoms with Crippen LogP contribution in [0.15, 0.2) is 36.7 Å². The first-order chi connectivity index (χ1) is 8.25. The number of nitrogens with zero attached hydrogens (tertiary/aromatic N) is 4. The topological polar surface area (TPSA) is 69.1 Å². The summed E-state index contributed by atoms with van der Waals surface area (Å²) < 4.78 is 1.76. The van der Waals surface area contributed by atoms with Crippen LogP contribution < -0.4 is 5.73 Å². The van der Waals surface area contributed by atoms with Crippen molar-refractivity contribution in [3.05, 3.63) is 42.4 Å². The van der Waals surface area contributed by atoms with E-state index >= 15 is 0 Å². The highest BCUT2D eigenvalue weighted by molar-refractivity contribution is 5.59. The number of pyridine rings is 2. The molecule has 0 aromatic carbocycles. The summed E-state index contributed by atoms with van der Waals surface area (Å²) in [7, 11) is 0. The highest BCUT2D eigenvalue weighted by Crippen LogP contribution is 2.18. The van der Waals surface area contributed by atoms with Gasteiger partial charge in [-0.15, -0.1) is 5.10 Å². The molecule has 0 aliphatic carbocycles. The average molecular weight is 225 g/mol. The Morgan fingerprint density at radius 2 is 1.88 bits per heavy atom. The number of nitrogens with two attached hydrogens (primary N) is 1. The predicted octanol–water partition coefficient (Wildman–Crippen LogP) is 1.68. The number of rotatable bonds is 1. The molecule has 0 aliphatic rings. The predicted molar refractivity (Wildman–Crippen MR) is 65.4 cm³/mol. The molecule has 5 heteroatoms. The van der Waals surface area contributed by atoms with Crippen molar-refractivity contribution in [2.45, 2.75) is 6.92 Å². The van der Waals surface area contributed by atoms with Gasteiger partial charge in [0.05, 0.1) is 11.4 Å². The first kappa shape index (κ1) is 9.77. The fourth-order valence-corrected chi connectivity index (χ4v) is 1.71. The van der Waals surface area contributed by atoms with Crippen LogP contribution in [0.3, 0.4) is 0 Å². The zero-order valence-electron chi connectivity index (χ0n) is 9.33. The average Bonchev–Trinajstić information content (AvgIpc) is 2.80. The van der Waals surface area contributed by atoms with Crippen LogP contribution in [0.1, 0.15) is 5.69 Å². The minimum Gasteiger partial charge on any atom is -0.397 e. The minimum atomic E-state index is 0.682. The molecule has 84 valence electrons. The molecular weight excluding hydrogens is 214 g/mol. The number of aromatic nitrogens is 4. The lowest BCUT2D eigenvalue weighted by Gasteiger charge is -2.00. The number of anilines is 1. The van der Waals surface area contributed by atoms with Crippen molar-refractivity contribution in [3.63, 3.8) is 0 Å². The normalized spacial score (nSPS) is 10.9. The smallest absolute Gasteiger partial charge is 0.182 e. The molecule has 0 unspecified atom stereocenters. The third-order valence-corrected chi connectivity index (χ3v) is 2.72. The van der Waals surface area contributed by atoms with Crippen LogP contribution in [0.25, 0.3) is 17.0 Å². The lowest BCUT2D eigenvalue weighted by Crippen LogP contribution is -1.98. The molecule has 0 radical (unpaired) electrons. The third-order valence-electron chi connectivity index (χ3n) is 2.72. The number of hydrogen-bond acceptors (Lipinski definition) is 4. The van der Waals surface area contributed by atoms with E-state index in [9.17, 15) is 0 Å². The Balaban J connectivity index is 2.24. The summed E-state index contributed by atoms with van der Waals surface area (Å²) in [5.74, 6) is 0.682. The summed E-state index contributed by atoms with van der Waals surface area (Å²) in [4.78, 5) is 8.43. The van der Waals surface area contributed by atoms with Crippen molar-refractivity contribution in [3.8, 4) is 11.4 Å². The minimum absolute atomic E-state index is 0.682. The zero-order chi connectivity index (χ0) is 11.8. The highest BCUT2D eigenvalue weighted by atomic mass is 15.3. The molecule has 2 N–H and O–H groups in total. The van der Waals surface area contributed by atoms with Crippen LogP contribution in [0.5, 0.6) is 0 Å². The van der Waals surface area contributed by atoms with Gasteiger partial charge in [0, 0.05) is 18.0 Å². The van der Waals surface area contributed by atoms with E-state index in [0.717, 1.165) is 16.9 Å². The summed E-state index contributed by atoms with van der Waals surface area (Å²) in [6.07, 6.45) is 3.45. The summed E-state index contributed by atoms with van der Waals surface area (Å²) >= 11 is 0. The number of hydrogen-bond donors (Lipinski definition) is 1. The molecule has 17 heavy (non-hydrogen) atoms. The van der Waals surface area contributed by atoms with Gasteiger partial charge in [-0.1, -0.05) is 0 Å². The molecule has 0 aliphatic heterocycles. The van der Waals surface area contributed by atoms with Gasteiger partial charge in [0.25, 0.3) is 0 Å². The maximum atomic E-state index is 5.84. The van der Waals surface area contributed by atoms with Gasteiger partial charge in [-0.25, -0.2) is 9.50 Å². The Bertz CT molecular complexity index is 672. The molecule has 5 nitrogen and oxygen atoms in total. The van der Waals surface area contributed by atoms with Gasteiger partial charge < -0.3 is 5.73 Å². The maximum absolute atomic E-state index is 5.84. The van der Waals surface area contributed by atoms with Crippen LogP contribution in [-0.4, -0.2) is 19.6 Å². The van der Waals surface area contributed by atoms with E-state index in [2.05, 4.69) is 15.1 Å². The van der Waals surface area contributed by atoms with E-state index in [0.29, 0.717) is 11.5 Å². The van der Waals surface area contributed by atoms with Crippen LogP contribution in [0.4, 0.5) is 5.69 Å². The van der Waals surface area contributed by atoms with Gasteiger partial charge in [0.1, 0.15) is 0 Å². The van der Waals surface area contributed by atoms with Gasteiger partial charge in [-0.2, -0.15) is 0 Å². The Labute approximate surface area is 97.9 Å². The molecule has 3 heterocycles. The first-order valence-electron chi connectivity index (χ1n) is 5.28. The van der Waals surface area contributed by atoms with Crippen molar-refractivity contribution in [1.82, 2.24) is 19.6 Å². The Morgan fingerprint density at radius 3 is 2.65 bits per heavy atom. The Hall–Kier alpha value is -2.43. The fourth-order valence-electron chi connectivity index (χ4n) is 1.71. The quantitative estimate of drug-likeness (QED) is 0.684. The van der Waals surface area contributed by atoms with E-state index in [1.807, 2.05) is 31.2 Å². The van der Waals surface area contributed by atoms with Crippen LogP contribution in [0, 0.1) is 6.92 Å². The molecule has 0 saturated carbocycles. The van der Waals surface area contributed by atoms with Gasteiger partial charge in [-0.3, -0.25) is 4.98 Å². The molecule has 0 fully saturated rings. The second-order valence-electron chi connectivity index (χ2n) is 3.82. The molecule has 3 aromatic rings. The number of fused-ring (bicyclic) bond motifs is 1.